The van der Waals surface area contributed by atoms with E-state index in [0.717, 1.165) is 25.2 Å². The first-order valence-corrected chi connectivity index (χ1v) is 10.3. The van der Waals surface area contributed by atoms with Crippen LogP contribution >= 0.6 is 0 Å². The molecule has 4 rings (SSSR count). The zero-order valence-corrected chi connectivity index (χ0v) is 17.2. The number of nitrogens with one attached hydrogen (secondary N) is 1. The van der Waals surface area contributed by atoms with Crippen LogP contribution in [0.4, 0.5) is 11.5 Å². The molecule has 1 saturated heterocycles. The topological polar surface area (TPSA) is 123 Å². The summed E-state index contributed by atoms with van der Waals surface area (Å²) >= 11 is 0. The van der Waals surface area contributed by atoms with Crippen LogP contribution in [0.1, 0.15) is 30.3 Å². The van der Waals surface area contributed by atoms with Crippen molar-refractivity contribution in [1.29, 1.82) is 0 Å². The van der Waals surface area contributed by atoms with Crippen molar-refractivity contribution in [2.24, 2.45) is 11.7 Å². The molecule has 0 saturated carbocycles. The number of nitrogens with two attached hydrogens (primary N) is 1. The Balaban J connectivity index is 1.55. The number of aromatic nitrogens is 3. The van der Waals surface area contributed by atoms with Gasteiger partial charge in [0.25, 0.3) is 11.5 Å². The lowest BCUT2D eigenvalue weighted by Crippen LogP contribution is -2.41. The molecule has 1 atom stereocenters. The second kappa shape index (κ2) is 8.55. The third kappa shape index (κ3) is 4.11. The predicted molar refractivity (Wildman–Crippen MR) is 118 cm³/mol. The molecule has 9 nitrogen and oxygen atoms in total. The summed E-state index contributed by atoms with van der Waals surface area (Å²) in [6.45, 7) is 3.51. The zero-order chi connectivity index (χ0) is 22.0. The van der Waals surface area contributed by atoms with Gasteiger partial charge < -0.3 is 16.0 Å². The lowest BCUT2D eigenvalue weighted by Gasteiger charge is -2.32. The van der Waals surface area contributed by atoms with Gasteiger partial charge in [-0.15, -0.1) is 0 Å². The minimum Gasteiger partial charge on any atom is -0.369 e. The first-order chi connectivity index (χ1) is 15.0. The maximum atomic E-state index is 12.9. The molecule has 0 spiro atoms. The molecule has 3 aromatic rings. The number of nitrogens with zero attached hydrogens (tertiary/aromatic N) is 4. The number of rotatable bonds is 5. The average molecular weight is 420 g/mol. The van der Waals surface area contributed by atoms with Crippen LogP contribution in [-0.4, -0.2) is 39.7 Å². The molecule has 3 N–H and O–H groups in total. The number of hydrogen-bond acceptors (Lipinski definition) is 6. The summed E-state index contributed by atoms with van der Waals surface area (Å²) in [5.74, 6) is -0.156. The number of hydrogen-bond donors (Lipinski definition) is 2. The van der Waals surface area contributed by atoms with E-state index in [1.165, 1.54) is 4.68 Å². The molecule has 2 aromatic heterocycles. The highest BCUT2D eigenvalue weighted by Crippen LogP contribution is 2.23. The molecule has 0 radical (unpaired) electrons. The number of fused-ring (bicyclic) bond motifs is 1. The molecule has 0 bridgehead atoms. The summed E-state index contributed by atoms with van der Waals surface area (Å²) < 4.78 is 1.28. The molecule has 1 aliphatic rings. The molecule has 3 heterocycles. The van der Waals surface area contributed by atoms with Crippen LogP contribution in [0.2, 0.25) is 0 Å². The minimum atomic E-state index is -0.417. The lowest BCUT2D eigenvalue weighted by atomic mass is 9.97. The maximum Gasteiger partial charge on any atom is 0.276 e. The van der Waals surface area contributed by atoms with E-state index >= 15 is 0 Å². The molecule has 1 fully saturated rings. The fourth-order valence-corrected chi connectivity index (χ4v) is 3.87. The van der Waals surface area contributed by atoms with Crippen LogP contribution in [0.3, 0.4) is 0 Å². The summed E-state index contributed by atoms with van der Waals surface area (Å²) in [4.78, 5) is 43.4. The van der Waals surface area contributed by atoms with Crippen molar-refractivity contribution < 1.29 is 9.59 Å². The number of benzene rings is 1. The highest BCUT2D eigenvalue weighted by Gasteiger charge is 2.24. The molecule has 9 heteroatoms. The van der Waals surface area contributed by atoms with E-state index in [-0.39, 0.29) is 23.1 Å². The number of aryl methyl sites for hydroxylation is 1. The molecule has 0 aliphatic carbocycles. The number of piperidine rings is 1. The molecule has 1 aromatic carbocycles. The Hall–Kier alpha value is -3.75. The summed E-state index contributed by atoms with van der Waals surface area (Å²) in [6.07, 6.45) is 3.24. The zero-order valence-electron chi connectivity index (χ0n) is 17.2. The fourth-order valence-electron chi connectivity index (χ4n) is 3.87. The van der Waals surface area contributed by atoms with Crippen LogP contribution in [0.15, 0.2) is 47.4 Å². The van der Waals surface area contributed by atoms with Crippen LogP contribution in [0, 0.1) is 5.92 Å². The quantitative estimate of drug-likeness (QED) is 0.648. The lowest BCUT2D eigenvalue weighted by molar-refractivity contribution is -0.122. The largest absolute Gasteiger partial charge is 0.369 e. The number of primary amides is 1. The van der Waals surface area contributed by atoms with E-state index < -0.39 is 5.91 Å². The average Bonchev–Trinajstić information content (AvgIpc) is 2.80. The van der Waals surface area contributed by atoms with Gasteiger partial charge in [0.1, 0.15) is 5.82 Å². The second-order valence-electron chi connectivity index (χ2n) is 7.56. The van der Waals surface area contributed by atoms with Gasteiger partial charge in [-0.05, 0) is 38.0 Å². The minimum absolute atomic E-state index is 0.177. The van der Waals surface area contributed by atoms with Gasteiger partial charge in [0.15, 0.2) is 5.69 Å². The Morgan fingerprint density at radius 2 is 1.97 bits per heavy atom. The standard InChI is InChI=1S/C22H24N6O3/c1-2-28-22(31)17-8-4-3-7-16(17)19(26-28)21(30)25-15-9-10-18(24-12-15)27-11-5-6-14(13-27)20(23)29/h3-4,7-10,12,14H,2,5-6,11,13H2,1H3,(H2,23,29)(H,25,30). The fraction of sp³-hybridized carbons (Fsp3) is 0.318. The predicted octanol–water partition coefficient (Wildman–Crippen LogP) is 1.77. The molecule has 2 amide bonds. The van der Waals surface area contributed by atoms with Crippen LogP contribution in [0.25, 0.3) is 10.8 Å². The van der Waals surface area contributed by atoms with E-state index in [0.29, 0.717) is 29.5 Å². The van der Waals surface area contributed by atoms with Crippen LogP contribution in [-0.2, 0) is 11.3 Å². The SMILES string of the molecule is CCn1nc(C(=O)Nc2ccc(N3CCCC(C(N)=O)C3)nc2)c2ccccc2c1=O. The van der Waals surface area contributed by atoms with Crippen molar-refractivity contribution in [3.05, 3.63) is 58.6 Å². The molecular formula is C22H24N6O3. The Kier molecular flexibility index (Phi) is 5.66. The third-order valence-electron chi connectivity index (χ3n) is 5.54. The van der Waals surface area contributed by atoms with E-state index in [1.54, 1.807) is 49.5 Å². The van der Waals surface area contributed by atoms with Gasteiger partial charge in [-0.25, -0.2) is 9.67 Å². The van der Waals surface area contributed by atoms with Crippen molar-refractivity contribution in [1.82, 2.24) is 14.8 Å². The smallest absolute Gasteiger partial charge is 0.276 e. The van der Waals surface area contributed by atoms with Crippen molar-refractivity contribution in [2.45, 2.75) is 26.3 Å². The van der Waals surface area contributed by atoms with Crippen molar-refractivity contribution in [2.75, 3.05) is 23.3 Å². The van der Waals surface area contributed by atoms with Gasteiger partial charge in [0.05, 0.1) is 23.2 Å². The number of pyridine rings is 1. The highest BCUT2D eigenvalue weighted by molar-refractivity contribution is 6.11. The molecule has 31 heavy (non-hydrogen) atoms. The number of carbonyl (C=O) groups excluding carboxylic acids is 2. The first kappa shape index (κ1) is 20.5. The normalized spacial score (nSPS) is 16.3. The van der Waals surface area contributed by atoms with E-state index in [4.69, 9.17) is 5.73 Å². The van der Waals surface area contributed by atoms with E-state index in [2.05, 4.69) is 15.4 Å². The van der Waals surface area contributed by atoms with Gasteiger partial charge in [0.2, 0.25) is 5.91 Å². The van der Waals surface area contributed by atoms with Crippen molar-refractivity contribution >= 4 is 34.1 Å². The molecule has 160 valence electrons. The Morgan fingerprint density at radius 3 is 2.65 bits per heavy atom. The van der Waals surface area contributed by atoms with E-state index in [9.17, 15) is 14.4 Å². The highest BCUT2D eigenvalue weighted by atomic mass is 16.2. The summed E-state index contributed by atoms with van der Waals surface area (Å²) in [5.41, 5.74) is 5.92. The number of anilines is 2. The number of amides is 2. The first-order valence-electron chi connectivity index (χ1n) is 10.3. The summed E-state index contributed by atoms with van der Waals surface area (Å²) in [7, 11) is 0. The second-order valence-corrected chi connectivity index (χ2v) is 7.56. The molecule has 1 aliphatic heterocycles. The molecule has 1 unspecified atom stereocenters. The van der Waals surface area contributed by atoms with Gasteiger partial charge in [0, 0.05) is 25.0 Å². The molecular weight excluding hydrogens is 396 g/mol. The van der Waals surface area contributed by atoms with Gasteiger partial charge in [-0.2, -0.15) is 5.10 Å². The monoisotopic (exact) mass is 420 g/mol. The van der Waals surface area contributed by atoms with Crippen LogP contribution in [0.5, 0.6) is 0 Å². The Morgan fingerprint density at radius 1 is 1.19 bits per heavy atom. The van der Waals surface area contributed by atoms with Gasteiger partial charge >= 0.3 is 0 Å². The van der Waals surface area contributed by atoms with Crippen molar-refractivity contribution in [3.63, 3.8) is 0 Å². The Labute approximate surface area is 178 Å². The van der Waals surface area contributed by atoms with Crippen molar-refractivity contribution in [3.8, 4) is 0 Å². The number of carbonyl (C=O) groups is 2. The third-order valence-corrected chi connectivity index (χ3v) is 5.54. The van der Waals surface area contributed by atoms with Gasteiger partial charge in [-0.3, -0.25) is 14.4 Å². The van der Waals surface area contributed by atoms with Crippen LogP contribution < -0.4 is 21.5 Å². The maximum absolute atomic E-state index is 12.9. The summed E-state index contributed by atoms with van der Waals surface area (Å²) in [5, 5.41) is 8.01. The van der Waals surface area contributed by atoms with Gasteiger partial charge in [-0.1, -0.05) is 18.2 Å². The van der Waals surface area contributed by atoms with E-state index in [1.807, 2.05) is 4.90 Å². The summed E-state index contributed by atoms with van der Waals surface area (Å²) in [6, 6.07) is 10.5. The Bertz CT molecular complexity index is 1190.